The molecule has 0 aliphatic carbocycles. The molecule has 0 aromatic rings. The molecule has 1 saturated heterocycles. The summed E-state index contributed by atoms with van der Waals surface area (Å²) in [5.41, 5.74) is 1.23. The topological polar surface area (TPSA) is 23.5 Å². The van der Waals surface area contributed by atoms with Crippen molar-refractivity contribution in [3.8, 4) is 0 Å². The minimum Gasteiger partial charge on any atom is -0.395 e. The fourth-order valence-corrected chi connectivity index (χ4v) is 1.73. The van der Waals surface area contributed by atoms with Crippen molar-refractivity contribution in [1.82, 2.24) is 4.90 Å². The molecule has 1 aliphatic heterocycles. The monoisotopic (exact) mass is 169 g/mol. The second-order valence-electron chi connectivity index (χ2n) is 3.72. The highest BCUT2D eigenvalue weighted by Crippen LogP contribution is 2.17. The third-order valence-corrected chi connectivity index (χ3v) is 2.54. The van der Waals surface area contributed by atoms with Gasteiger partial charge in [-0.2, -0.15) is 0 Å². The zero-order chi connectivity index (χ0) is 8.97. The predicted molar refractivity (Wildman–Crippen MR) is 51.1 cm³/mol. The second-order valence-corrected chi connectivity index (χ2v) is 3.72. The normalized spacial score (nSPS) is 24.7. The lowest BCUT2D eigenvalue weighted by Crippen LogP contribution is -2.33. The molecule has 0 aromatic heterocycles. The fraction of sp³-hybridized carbons (Fsp3) is 0.800. The zero-order valence-electron chi connectivity index (χ0n) is 7.92. The Kier molecular flexibility index (Phi) is 3.76. The number of hydrogen-bond acceptors (Lipinski definition) is 2. The van der Waals surface area contributed by atoms with Gasteiger partial charge in [-0.25, -0.2) is 0 Å². The second kappa shape index (κ2) is 4.63. The molecule has 0 unspecified atom stereocenters. The molecule has 0 spiro atoms. The molecule has 1 heterocycles. The summed E-state index contributed by atoms with van der Waals surface area (Å²) in [5, 5.41) is 9.04. The third-order valence-electron chi connectivity index (χ3n) is 2.54. The molecule has 0 amide bonds. The Morgan fingerprint density at radius 2 is 2.42 bits per heavy atom. The van der Waals surface area contributed by atoms with Gasteiger partial charge in [0.05, 0.1) is 6.61 Å². The van der Waals surface area contributed by atoms with Crippen LogP contribution in [0, 0.1) is 0 Å². The first kappa shape index (κ1) is 9.75. The van der Waals surface area contributed by atoms with Crippen LogP contribution < -0.4 is 0 Å². The van der Waals surface area contributed by atoms with Crippen LogP contribution in [0.15, 0.2) is 12.2 Å². The third kappa shape index (κ3) is 2.61. The summed E-state index contributed by atoms with van der Waals surface area (Å²) in [6, 6.07) is 0.421. The van der Waals surface area contributed by atoms with Gasteiger partial charge in [-0.05, 0) is 32.7 Å². The molecule has 0 saturated carbocycles. The predicted octanol–water partition coefficient (Wildman–Crippen LogP) is 1.41. The minimum absolute atomic E-state index is 0.316. The molecule has 1 rings (SSSR count). The van der Waals surface area contributed by atoms with E-state index in [1.54, 1.807) is 0 Å². The van der Waals surface area contributed by atoms with Crippen LogP contribution in [0.5, 0.6) is 0 Å². The average molecular weight is 169 g/mol. The molecule has 12 heavy (non-hydrogen) atoms. The van der Waals surface area contributed by atoms with Crippen molar-refractivity contribution in [1.29, 1.82) is 0 Å². The zero-order valence-corrected chi connectivity index (χ0v) is 7.92. The molecular formula is C10H19NO. The molecule has 70 valence electrons. The van der Waals surface area contributed by atoms with Gasteiger partial charge in [0.15, 0.2) is 0 Å². The SMILES string of the molecule is C=C(C)CCN1CCC[C@@H]1CO. The first-order chi connectivity index (χ1) is 5.74. The van der Waals surface area contributed by atoms with Gasteiger partial charge in [0.1, 0.15) is 0 Å². The Balaban J connectivity index is 2.26. The lowest BCUT2D eigenvalue weighted by Gasteiger charge is -2.22. The Hall–Kier alpha value is -0.340. The summed E-state index contributed by atoms with van der Waals surface area (Å²) < 4.78 is 0. The number of aliphatic hydroxyl groups is 1. The minimum atomic E-state index is 0.316. The quantitative estimate of drug-likeness (QED) is 0.643. The van der Waals surface area contributed by atoms with Gasteiger partial charge < -0.3 is 5.11 Å². The standard InChI is InChI=1S/C10H19NO/c1-9(2)5-7-11-6-3-4-10(11)8-12/h10,12H,1,3-8H2,2H3/t10-/m1/s1. The van der Waals surface area contributed by atoms with Gasteiger partial charge in [0.2, 0.25) is 0 Å². The lowest BCUT2D eigenvalue weighted by atomic mass is 10.2. The first-order valence-corrected chi connectivity index (χ1v) is 4.73. The van der Waals surface area contributed by atoms with Crippen LogP contribution in [0.25, 0.3) is 0 Å². The van der Waals surface area contributed by atoms with Crippen molar-refractivity contribution >= 4 is 0 Å². The molecule has 1 fully saturated rings. The highest BCUT2D eigenvalue weighted by molar-refractivity contribution is 4.90. The van der Waals surface area contributed by atoms with Crippen LogP contribution in [-0.2, 0) is 0 Å². The van der Waals surface area contributed by atoms with Crippen molar-refractivity contribution in [2.45, 2.75) is 32.2 Å². The summed E-state index contributed by atoms with van der Waals surface area (Å²) in [7, 11) is 0. The van der Waals surface area contributed by atoms with Crippen LogP contribution in [0.1, 0.15) is 26.2 Å². The molecule has 1 aliphatic rings. The van der Waals surface area contributed by atoms with Gasteiger partial charge in [0.25, 0.3) is 0 Å². The summed E-state index contributed by atoms with van der Waals surface area (Å²) in [6.45, 7) is 8.47. The summed E-state index contributed by atoms with van der Waals surface area (Å²) in [5.74, 6) is 0. The van der Waals surface area contributed by atoms with E-state index in [-0.39, 0.29) is 0 Å². The van der Waals surface area contributed by atoms with Crippen molar-refractivity contribution in [3.05, 3.63) is 12.2 Å². The average Bonchev–Trinajstić information content (AvgIpc) is 2.47. The molecule has 0 bridgehead atoms. The van der Waals surface area contributed by atoms with E-state index in [1.165, 1.54) is 12.0 Å². The van der Waals surface area contributed by atoms with Crippen molar-refractivity contribution in [3.63, 3.8) is 0 Å². The molecule has 1 N–H and O–H groups in total. The molecule has 0 aromatic carbocycles. The number of hydrogen-bond donors (Lipinski definition) is 1. The van der Waals surface area contributed by atoms with E-state index in [0.717, 1.165) is 25.9 Å². The Labute approximate surface area is 74.9 Å². The van der Waals surface area contributed by atoms with Crippen LogP contribution in [0.2, 0.25) is 0 Å². The fourth-order valence-electron chi connectivity index (χ4n) is 1.73. The molecule has 1 atom stereocenters. The molecule has 2 nitrogen and oxygen atoms in total. The van der Waals surface area contributed by atoms with Crippen LogP contribution in [-0.4, -0.2) is 35.7 Å². The maximum atomic E-state index is 9.04. The number of rotatable bonds is 4. The van der Waals surface area contributed by atoms with Gasteiger partial charge in [0, 0.05) is 12.6 Å². The van der Waals surface area contributed by atoms with Gasteiger partial charge in [-0.15, -0.1) is 6.58 Å². The Bertz CT molecular complexity index is 156. The Morgan fingerprint density at radius 3 is 3.00 bits per heavy atom. The Morgan fingerprint density at radius 1 is 1.67 bits per heavy atom. The van der Waals surface area contributed by atoms with E-state index in [4.69, 9.17) is 5.11 Å². The summed E-state index contributed by atoms with van der Waals surface area (Å²) in [4.78, 5) is 2.37. The highest BCUT2D eigenvalue weighted by atomic mass is 16.3. The van der Waals surface area contributed by atoms with E-state index in [2.05, 4.69) is 18.4 Å². The van der Waals surface area contributed by atoms with E-state index < -0.39 is 0 Å². The maximum Gasteiger partial charge on any atom is 0.0586 e. The number of likely N-dealkylation sites (tertiary alicyclic amines) is 1. The van der Waals surface area contributed by atoms with Gasteiger partial charge in [-0.3, -0.25) is 4.90 Å². The first-order valence-electron chi connectivity index (χ1n) is 4.73. The molecule has 0 radical (unpaired) electrons. The smallest absolute Gasteiger partial charge is 0.0586 e. The van der Waals surface area contributed by atoms with E-state index >= 15 is 0 Å². The maximum absolute atomic E-state index is 9.04. The van der Waals surface area contributed by atoms with Crippen LogP contribution in [0.4, 0.5) is 0 Å². The van der Waals surface area contributed by atoms with E-state index in [1.807, 2.05) is 0 Å². The van der Waals surface area contributed by atoms with Crippen LogP contribution in [0.3, 0.4) is 0 Å². The van der Waals surface area contributed by atoms with Gasteiger partial charge >= 0.3 is 0 Å². The van der Waals surface area contributed by atoms with Crippen molar-refractivity contribution < 1.29 is 5.11 Å². The lowest BCUT2D eigenvalue weighted by molar-refractivity contribution is 0.160. The van der Waals surface area contributed by atoms with Crippen molar-refractivity contribution in [2.75, 3.05) is 19.7 Å². The van der Waals surface area contributed by atoms with Gasteiger partial charge in [-0.1, -0.05) is 5.57 Å². The number of nitrogens with zero attached hydrogens (tertiary/aromatic N) is 1. The summed E-state index contributed by atoms with van der Waals surface area (Å²) in [6.07, 6.45) is 3.46. The molecule has 2 heteroatoms. The largest absolute Gasteiger partial charge is 0.395 e. The van der Waals surface area contributed by atoms with Crippen molar-refractivity contribution in [2.24, 2.45) is 0 Å². The van der Waals surface area contributed by atoms with E-state index in [0.29, 0.717) is 12.6 Å². The summed E-state index contributed by atoms with van der Waals surface area (Å²) >= 11 is 0. The van der Waals surface area contributed by atoms with E-state index in [9.17, 15) is 0 Å². The highest BCUT2D eigenvalue weighted by Gasteiger charge is 2.22. The number of aliphatic hydroxyl groups excluding tert-OH is 1. The van der Waals surface area contributed by atoms with Crippen LogP contribution >= 0.6 is 0 Å². The molecular weight excluding hydrogens is 150 g/mol.